The van der Waals surface area contributed by atoms with Crippen molar-refractivity contribution in [2.75, 3.05) is 43.1 Å². The topological polar surface area (TPSA) is 113 Å². The molecule has 0 bridgehead atoms. The lowest BCUT2D eigenvalue weighted by atomic mass is 10.0. The molecule has 0 saturated carbocycles. The van der Waals surface area contributed by atoms with Crippen molar-refractivity contribution in [3.8, 4) is 11.4 Å². The number of hydrogen-bond donors (Lipinski definition) is 2. The summed E-state index contributed by atoms with van der Waals surface area (Å²) in [5.74, 6) is 1.44. The lowest BCUT2D eigenvalue weighted by Crippen LogP contribution is -2.45. The van der Waals surface area contributed by atoms with Gasteiger partial charge in [-0.25, -0.2) is 19.7 Å². The van der Waals surface area contributed by atoms with Gasteiger partial charge in [0.15, 0.2) is 10.8 Å². The Kier molecular flexibility index (Phi) is 7.10. The normalized spacial score (nSPS) is 17.4. The molecule has 3 aromatic rings. The van der Waals surface area contributed by atoms with E-state index >= 15 is 0 Å². The zero-order valence-electron chi connectivity index (χ0n) is 20.4. The molecule has 1 saturated heterocycles. The van der Waals surface area contributed by atoms with Gasteiger partial charge in [0.1, 0.15) is 5.82 Å². The Morgan fingerprint density at radius 1 is 1.19 bits per heavy atom. The van der Waals surface area contributed by atoms with Gasteiger partial charge in [0.2, 0.25) is 0 Å². The van der Waals surface area contributed by atoms with Crippen molar-refractivity contribution in [3.05, 3.63) is 52.1 Å². The first-order valence-corrected chi connectivity index (χ1v) is 13.0. The molecule has 0 spiro atoms. The quantitative estimate of drug-likeness (QED) is 0.545. The van der Waals surface area contributed by atoms with E-state index in [9.17, 15) is 9.59 Å². The Balaban J connectivity index is 1.48. The van der Waals surface area contributed by atoms with E-state index in [0.29, 0.717) is 55.8 Å². The number of nitrogens with one attached hydrogen (secondary N) is 2. The third-order valence-electron chi connectivity index (χ3n) is 6.32. The molecule has 0 aliphatic carbocycles. The summed E-state index contributed by atoms with van der Waals surface area (Å²) in [6, 6.07) is 7.41. The van der Waals surface area contributed by atoms with Gasteiger partial charge in [0.25, 0.3) is 5.91 Å². The second-order valence-electron chi connectivity index (χ2n) is 8.79. The summed E-state index contributed by atoms with van der Waals surface area (Å²) < 4.78 is 5.66. The molecule has 2 aliphatic rings. The van der Waals surface area contributed by atoms with E-state index in [1.807, 2.05) is 41.5 Å². The highest BCUT2D eigenvalue weighted by Gasteiger charge is 2.31. The fourth-order valence-corrected chi connectivity index (χ4v) is 5.10. The monoisotopic (exact) mass is 507 g/mol. The Labute approximate surface area is 213 Å². The van der Waals surface area contributed by atoms with Crippen molar-refractivity contribution in [3.63, 3.8) is 0 Å². The van der Waals surface area contributed by atoms with E-state index in [0.717, 1.165) is 29.2 Å². The zero-order chi connectivity index (χ0) is 25.1. The van der Waals surface area contributed by atoms with Gasteiger partial charge in [0.05, 0.1) is 31.5 Å². The molecular formula is C25H29N7O3S. The van der Waals surface area contributed by atoms with Crippen molar-refractivity contribution in [2.24, 2.45) is 0 Å². The molecule has 1 atom stereocenters. The number of fused-ring (bicyclic) bond motifs is 1. The maximum Gasteiger partial charge on any atom is 0.319 e. The van der Waals surface area contributed by atoms with Crippen molar-refractivity contribution in [1.29, 1.82) is 0 Å². The highest BCUT2D eigenvalue weighted by atomic mass is 32.1. The van der Waals surface area contributed by atoms with Gasteiger partial charge in [-0.05, 0) is 44.5 Å². The summed E-state index contributed by atoms with van der Waals surface area (Å²) in [5, 5.41) is 7.83. The largest absolute Gasteiger partial charge is 0.377 e. The maximum absolute atomic E-state index is 13.0. The van der Waals surface area contributed by atoms with Crippen LogP contribution in [-0.4, -0.2) is 70.7 Å². The number of aromatic nitrogens is 3. The van der Waals surface area contributed by atoms with E-state index in [1.165, 1.54) is 11.3 Å². The summed E-state index contributed by atoms with van der Waals surface area (Å²) >= 11 is 1.35. The molecule has 2 N–H and O–H groups in total. The number of amides is 3. The molecule has 1 fully saturated rings. The van der Waals surface area contributed by atoms with Crippen LogP contribution in [0.2, 0.25) is 0 Å². The third kappa shape index (κ3) is 5.02. The lowest BCUT2D eigenvalue weighted by Gasteiger charge is -2.37. The standard InChI is InChI=1S/C25H29N7O3S/c1-3-26-25(34)28-18-6-4-17(5-7-18)21-29-20-14-31(24(33)23-27-9-13-36-23)10-8-19(20)22(30-21)32-11-12-35-15-16(32)2/h4-7,9,13,16H,3,8,10-12,14-15H2,1-2H3,(H2,26,28,34)/t16-/m1/s1. The first-order chi connectivity index (χ1) is 17.5. The Morgan fingerprint density at radius 2 is 2.03 bits per heavy atom. The van der Waals surface area contributed by atoms with Crippen molar-refractivity contribution in [2.45, 2.75) is 32.9 Å². The van der Waals surface area contributed by atoms with Crippen LogP contribution in [0.15, 0.2) is 35.8 Å². The number of urea groups is 1. The molecule has 4 heterocycles. The highest BCUT2D eigenvalue weighted by molar-refractivity contribution is 7.11. The SMILES string of the molecule is CCNC(=O)Nc1ccc(-c2nc3c(c(N4CCOC[C@H]4C)n2)CCN(C(=O)c2nccs2)C3)cc1. The van der Waals surface area contributed by atoms with Crippen LogP contribution in [0.5, 0.6) is 0 Å². The van der Waals surface area contributed by atoms with Crippen molar-refractivity contribution < 1.29 is 14.3 Å². The van der Waals surface area contributed by atoms with Crippen LogP contribution >= 0.6 is 11.3 Å². The number of rotatable bonds is 5. The second kappa shape index (κ2) is 10.6. The number of hydrogen-bond acceptors (Lipinski definition) is 8. The van der Waals surface area contributed by atoms with Gasteiger partial charge in [-0.3, -0.25) is 4.79 Å². The molecular weight excluding hydrogens is 478 g/mol. The second-order valence-corrected chi connectivity index (χ2v) is 9.68. The minimum atomic E-state index is -0.246. The van der Waals surface area contributed by atoms with Crippen LogP contribution < -0.4 is 15.5 Å². The number of carbonyl (C=O) groups is 2. The number of nitrogens with zero attached hydrogens (tertiary/aromatic N) is 5. The molecule has 11 heteroatoms. The summed E-state index contributed by atoms with van der Waals surface area (Å²) in [6.07, 6.45) is 2.33. The van der Waals surface area contributed by atoms with Crippen LogP contribution in [0.1, 0.15) is 34.9 Å². The first-order valence-electron chi connectivity index (χ1n) is 12.1. The molecule has 1 aromatic carbocycles. The number of anilines is 2. The molecule has 2 aromatic heterocycles. The van der Waals surface area contributed by atoms with Crippen LogP contribution in [0.25, 0.3) is 11.4 Å². The molecule has 10 nitrogen and oxygen atoms in total. The molecule has 3 amide bonds. The summed E-state index contributed by atoms with van der Waals surface area (Å²) in [5.41, 5.74) is 3.47. The first kappa shape index (κ1) is 24.1. The van der Waals surface area contributed by atoms with E-state index in [1.54, 1.807) is 6.20 Å². The van der Waals surface area contributed by atoms with Crippen LogP contribution in [-0.2, 0) is 17.7 Å². The van der Waals surface area contributed by atoms with Gasteiger partial charge in [-0.2, -0.15) is 0 Å². The number of benzene rings is 1. The van der Waals surface area contributed by atoms with Gasteiger partial charge < -0.3 is 25.2 Å². The molecule has 5 rings (SSSR count). The number of thiazole rings is 1. The van der Waals surface area contributed by atoms with Gasteiger partial charge in [0, 0.05) is 48.0 Å². The number of morpholine rings is 1. The van der Waals surface area contributed by atoms with E-state index in [-0.39, 0.29) is 18.0 Å². The average Bonchev–Trinajstić information content (AvgIpc) is 3.43. The zero-order valence-corrected chi connectivity index (χ0v) is 21.2. The molecule has 0 radical (unpaired) electrons. The summed E-state index contributed by atoms with van der Waals surface area (Å²) in [4.78, 5) is 43.1. The smallest absolute Gasteiger partial charge is 0.319 e. The van der Waals surface area contributed by atoms with Crippen molar-refractivity contribution >= 4 is 34.8 Å². The summed E-state index contributed by atoms with van der Waals surface area (Å²) in [7, 11) is 0. The molecule has 188 valence electrons. The molecule has 36 heavy (non-hydrogen) atoms. The lowest BCUT2D eigenvalue weighted by molar-refractivity contribution is 0.0731. The van der Waals surface area contributed by atoms with Crippen LogP contribution in [0.4, 0.5) is 16.3 Å². The minimum absolute atomic E-state index is 0.0714. The molecule has 2 aliphatic heterocycles. The van der Waals surface area contributed by atoms with Gasteiger partial charge in [-0.15, -0.1) is 11.3 Å². The highest BCUT2D eigenvalue weighted by Crippen LogP contribution is 2.32. The Hall–Kier alpha value is -3.57. The molecule has 0 unspecified atom stereocenters. The Bertz CT molecular complexity index is 1230. The maximum atomic E-state index is 13.0. The summed E-state index contributed by atoms with van der Waals surface area (Å²) in [6.45, 7) is 7.60. The van der Waals surface area contributed by atoms with Crippen LogP contribution in [0, 0.1) is 0 Å². The predicted octanol–water partition coefficient (Wildman–Crippen LogP) is 3.17. The van der Waals surface area contributed by atoms with Crippen LogP contribution in [0.3, 0.4) is 0 Å². The minimum Gasteiger partial charge on any atom is -0.377 e. The number of ether oxygens (including phenoxy) is 1. The predicted molar refractivity (Wildman–Crippen MR) is 138 cm³/mol. The Morgan fingerprint density at radius 3 is 2.75 bits per heavy atom. The van der Waals surface area contributed by atoms with Crippen molar-refractivity contribution in [1.82, 2.24) is 25.2 Å². The van der Waals surface area contributed by atoms with E-state index < -0.39 is 0 Å². The number of carbonyl (C=O) groups excluding carboxylic acids is 2. The fraction of sp³-hybridized carbons (Fsp3) is 0.400. The fourth-order valence-electron chi connectivity index (χ4n) is 4.50. The third-order valence-corrected chi connectivity index (χ3v) is 7.08. The average molecular weight is 508 g/mol. The van der Waals surface area contributed by atoms with E-state index in [4.69, 9.17) is 14.7 Å². The van der Waals surface area contributed by atoms with Gasteiger partial charge in [-0.1, -0.05) is 0 Å². The van der Waals surface area contributed by atoms with Gasteiger partial charge >= 0.3 is 6.03 Å². The van der Waals surface area contributed by atoms with E-state index in [2.05, 4.69) is 27.4 Å².